The molecular formula is C17H16F3NO3. The Morgan fingerprint density at radius 1 is 1.17 bits per heavy atom. The number of hydrogen-bond donors (Lipinski definition) is 0. The molecule has 1 atom stereocenters. The first-order valence-corrected chi connectivity index (χ1v) is 7.15. The maximum absolute atomic E-state index is 13.0. The molecule has 0 radical (unpaired) electrons. The lowest BCUT2D eigenvalue weighted by molar-refractivity contribution is -0.139. The zero-order valence-corrected chi connectivity index (χ0v) is 13.3. The van der Waals surface area contributed by atoms with Gasteiger partial charge in [0.25, 0.3) is 0 Å². The van der Waals surface area contributed by atoms with E-state index in [0.29, 0.717) is 11.3 Å². The minimum atomic E-state index is -4.56. The van der Waals surface area contributed by atoms with E-state index in [1.165, 1.54) is 44.3 Å². The SMILES string of the molecule is CC(=O)C(C)Oc1ccc(Oc2ncc(C)cc2C(F)(F)F)cc1. The number of halogens is 3. The summed E-state index contributed by atoms with van der Waals surface area (Å²) in [5.41, 5.74) is -0.551. The molecule has 0 fully saturated rings. The van der Waals surface area contributed by atoms with Gasteiger partial charge in [-0.05, 0) is 56.7 Å². The number of nitrogens with zero attached hydrogens (tertiary/aromatic N) is 1. The number of carbonyl (C=O) groups excluding carboxylic acids is 1. The molecule has 24 heavy (non-hydrogen) atoms. The van der Waals surface area contributed by atoms with Gasteiger partial charge in [-0.2, -0.15) is 13.2 Å². The molecule has 2 rings (SSSR count). The van der Waals surface area contributed by atoms with Crippen molar-refractivity contribution in [3.8, 4) is 17.4 Å². The lowest BCUT2D eigenvalue weighted by atomic mass is 10.2. The largest absolute Gasteiger partial charge is 0.483 e. The highest BCUT2D eigenvalue weighted by Gasteiger charge is 2.35. The number of alkyl halides is 3. The van der Waals surface area contributed by atoms with Crippen LogP contribution in [0.5, 0.6) is 17.4 Å². The average Bonchev–Trinajstić information content (AvgIpc) is 2.49. The first-order chi connectivity index (χ1) is 11.2. The molecule has 128 valence electrons. The van der Waals surface area contributed by atoms with Crippen molar-refractivity contribution in [2.75, 3.05) is 0 Å². The smallest absolute Gasteiger partial charge is 0.421 e. The van der Waals surface area contributed by atoms with Crippen LogP contribution < -0.4 is 9.47 Å². The van der Waals surface area contributed by atoms with Gasteiger partial charge in [0, 0.05) is 6.20 Å². The van der Waals surface area contributed by atoms with Crippen molar-refractivity contribution in [3.05, 3.63) is 47.7 Å². The fourth-order valence-electron chi connectivity index (χ4n) is 1.83. The maximum atomic E-state index is 13.0. The van der Waals surface area contributed by atoms with Crippen LogP contribution in [0.4, 0.5) is 13.2 Å². The number of aryl methyl sites for hydroxylation is 1. The second-order valence-electron chi connectivity index (χ2n) is 5.31. The summed E-state index contributed by atoms with van der Waals surface area (Å²) in [7, 11) is 0. The second-order valence-corrected chi connectivity index (χ2v) is 5.31. The number of benzene rings is 1. The first-order valence-electron chi connectivity index (χ1n) is 7.15. The summed E-state index contributed by atoms with van der Waals surface area (Å²) in [6.45, 7) is 4.54. The highest BCUT2D eigenvalue weighted by atomic mass is 19.4. The predicted molar refractivity (Wildman–Crippen MR) is 81.3 cm³/mol. The summed E-state index contributed by atoms with van der Waals surface area (Å²) in [6, 6.07) is 6.90. The molecule has 1 aromatic heterocycles. The van der Waals surface area contributed by atoms with Crippen LogP contribution in [-0.2, 0) is 11.0 Å². The standard InChI is InChI=1S/C17H16F3NO3/c1-10-8-15(17(18,19)20)16(21-9-10)24-14-6-4-13(5-7-14)23-12(3)11(2)22/h4-9,12H,1-3H3. The van der Waals surface area contributed by atoms with E-state index in [0.717, 1.165) is 6.07 Å². The Labute approximate surface area is 137 Å². The van der Waals surface area contributed by atoms with Gasteiger partial charge in [0.2, 0.25) is 5.88 Å². The van der Waals surface area contributed by atoms with Gasteiger partial charge >= 0.3 is 6.18 Å². The van der Waals surface area contributed by atoms with Crippen molar-refractivity contribution in [2.45, 2.75) is 33.1 Å². The molecule has 4 nitrogen and oxygen atoms in total. The molecule has 0 amide bonds. The van der Waals surface area contributed by atoms with Gasteiger partial charge in [0.15, 0.2) is 11.9 Å². The molecule has 0 bridgehead atoms. The Balaban J connectivity index is 2.19. The van der Waals surface area contributed by atoms with Gasteiger partial charge in [-0.25, -0.2) is 4.98 Å². The zero-order valence-electron chi connectivity index (χ0n) is 13.3. The van der Waals surface area contributed by atoms with E-state index >= 15 is 0 Å². The maximum Gasteiger partial charge on any atom is 0.421 e. The van der Waals surface area contributed by atoms with Gasteiger partial charge in [0.1, 0.15) is 17.1 Å². The van der Waals surface area contributed by atoms with Crippen molar-refractivity contribution in [3.63, 3.8) is 0 Å². The van der Waals surface area contributed by atoms with Crippen molar-refractivity contribution >= 4 is 5.78 Å². The molecule has 0 N–H and O–H groups in total. The van der Waals surface area contributed by atoms with E-state index in [4.69, 9.17) is 9.47 Å². The highest BCUT2D eigenvalue weighted by molar-refractivity contribution is 5.80. The third kappa shape index (κ3) is 4.47. The molecule has 1 heterocycles. The van der Waals surface area contributed by atoms with E-state index in [1.807, 2.05) is 0 Å². The van der Waals surface area contributed by atoms with Crippen LogP contribution in [0.2, 0.25) is 0 Å². The predicted octanol–water partition coefficient (Wildman–Crippen LogP) is 4.56. The summed E-state index contributed by atoms with van der Waals surface area (Å²) < 4.78 is 49.7. The van der Waals surface area contributed by atoms with E-state index < -0.39 is 23.7 Å². The lowest BCUT2D eigenvalue weighted by Gasteiger charge is -2.14. The fourth-order valence-corrected chi connectivity index (χ4v) is 1.83. The van der Waals surface area contributed by atoms with E-state index in [1.54, 1.807) is 6.92 Å². The summed E-state index contributed by atoms with van der Waals surface area (Å²) in [5.74, 6) is -0.0504. The monoisotopic (exact) mass is 339 g/mol. The van der Waals surface area contributed by atoms with Crippen molar-refractivity contribution in [1.29, 1.82) is 0 Å². The van der Waals surface area contributed by atoms with Crippen LogP contribution in [0.3, 0.4) is 0 Å². The molecule has 1 aromatic carbocycles. The Kier molecular flexibility index (Phi) is 5.11. The van der Waals surface area contributed by atoms with Crippen LogP contribution in [0.1, 0.15) is 25.0 Å². The van der Waals surface area contributed by atoms with Gasteiger partial charge in [-0.3, -0.25) is 4.79 Å². The number of ether oxygens (including phenoxy) is 2. The van der Waals surface area contributed by atoms with Gasteiger partial charge in [-0.15, -0.1) is 0 Å². The third-order valence-electron chi connectivity index (χ3n) is 3.22. The molecule has 0 spiro atoms. The van der Waals surface area contributed by atoms with Gasteiger partial charge < -0.3 is 9.47 Å². The average molecular weight is 339 g/mol. The molecule has 2 aromatic rings. The zero-order chi connectivity index (χ0) is 17.9. The fraction of sp³-hybridized carbons (Fsp3) is 0.294. The van der Waals surface area contributed by atoms with Gasteiger partial charge in [-0.1, -0.05) is 0 Å². The van der Waals surface area contributed by atoms with Crippen LogP contribution >= 0.6 is 0 Å². The Hall–Kier alpha value is -2.57. The minimum Gasteiger partial charge on any atom is -0.483 e. The molecule has 0 aliphatic heterocycles. The number of hydrogen-bond acceptors (Lipinski definition) is 4. The van der Waals surface area contributed by atoms with E-state index in [9.17, 15) is 18.0 Å². The van der Waals surface area contributed by atoms with Crippen LogP contribution in [0.15, 0.2) is 36.5 Å². The number of ketones is 1. The summed E-state index contributed by atoms with van der Waals surface area (Å²) in [4.78, 5) is 14.9. The van der Waals surface area contributed by atoms with Gasteiger partial charge in [0.05, 0.1) is 0 Å². The van der Waals surface area contributed by atoms with E-state index in [2.05, 4.69) is 4.98 Å². The summed E-state index contributed by atoms with van der Waals surface area (Å²) in [5, 5.41) is 0. The Bertz CT molecular complexity index is 727. The third-order valence-corrected chi connectivity index (χ3v) is 3.22. The van der Waals surface area contributed by atoms with Crippen LogP contribution in [0, 0.1) is 6.92 Å². The topological polar surface area (TPSA) is 48.4 Å². The molecule has 7 heteroatoms. The van der Waals surface area contributed by atoms with Crippen molar-refractivity contribution in [1.82, 2.24) is 4.98 Å². The summed E-state index contributed by atoms with van der Waals surface area (Å²) >= 11 is 0. The van der Waals surface area contributed by atoms with Crippen molar-refractivity contribution < 1.29 is 27.4 Å². The Morgan fingerprint density at radius 2 is 1.75 bits per heavy atom. The Morgan fingerprint density at radius 3 is 2.29 bits per heavy atom. The van der Waals surface area contributed by atoms with Crippen LogP contribution in [-0.4, -0.2) is 16.9 Å². The quantitative estimate of drug-likeness (QED) is 0.801. The van der Waals surface area contributed by atoms with Crippen molar-refractivity contribution in [2.24, 2.45) is 0 Å². The summed E-state index contributed by atoms with van der Waals surface area (Å²) in [6.07, 6.45) is -3.86. The molecule has 1 unspecified atom stereocenters. The number of aromatic nitrogens is 1. The highest BCUT2D eigenvalue weighted by Crippen LogP contribution is 2.37. The molecule has 0 saturated heterocycles. The number of pyridine rings is 1. The first kappa shape index (κ1) is 17.8. The minimum absolute atomic E-state index is 0.131. The molecule has 0 aliphatic rings. The molecule has 0 saturated carbocycles. The second kappa shape index (κ2) is 6.90. The normalized spacial score (nSPS) is 12.6. The van der Waals surface area contributed by atoms with E-state index in [-0.39, 0.29) is 11.5 Å². The lowest BCUT2D eigenvalue weighted by Crippen LogP contribution is -2.20. The number of carbonyl (C=O) groups is 1. The van der Waals surface area contributed by atoms with Crippen LogP contribution in [0.25, 0.3) is 0 Å². The number of rotatable bonds is 5. The molecular weight excluding hydrogens is 323 g/mol. The molecule has 0 aliphatic carbocycles. The number of Topliss-reactive ketones (excluding diaryl/α,β-unsaturated/α-hetero) is 1.